The summed E-state index contributed by atoms with van der Waals surface area (Å²) in [7, 11) is 2.13. The van der Waals surface area contributed by atoms with E-state index in [1.165, 1.54) is 51.4 Å². The quantitative estimate of drug-likeness (QED) is 0.122. The van der Waals surface area contributed by atoms with Crippen LogP contribution in [0.2, 0.25) is 0 Å². The number of rotatable bonds is 19. The van der Waals surface area contributed by atoms with Crippen LogP contribution in [0.15, 0.2) is 12.2 Å². The number of likely N-dealkylation sites (N-methyl/N-ethyl adjacent to an activating group) is 1. The molecule has 162 valence electrons. The zero-order chi connectivity index (χ0) is 20.4. The lowest BCUT2D eigenvalue weighted by molar-refractivity contribution is -0.870. The minimum Gasteiger partial charge on any atom is -0.329 e. The first-order chi connectivity index (χ1) is 12.8. The number of phosphoric ester groups is 1. The summed E-state index contributed by atoms with van der Waals surface area (Å²) in [6.07, 6.45) is 19.3. The SMILES string of the molecule is CCCCCCCCCC/C=C\CCCCOP(=O)(O)OCC[N+](C)(C)C. The van der Waals surface area contributed by atoms with Gasteiger partial charge in [0, 0.05) is 0 Å². The van der Waals surface area contributed by atoms with Crippen LogP contribution in [-0.4, -0.2) is 50.3 Å². The van der Waals surface area contributed by atoms with E-state index in [2.05, 4.69) is 19.1 Å². The lowest BCUT2D eigenvalue weighted by atomic mass is 10.1. The van der Waals surface area contributed by atoms with E-state index in [1.807, 2.05) is 21.1 Å². The van der Waals surface area contributed by atoms with Gasteiger partial charge in [0.25, 0.3) is 0 Å². The summed E-state index contributed by atoms with van der Waals surface area (Å²) in [5, 5.41) is 0. The van der Waals surface area contributed by atoms with E-state index < -0.39 is 7.82 Å². The molecule has 0 saturated heterocycles. The number of unbranched alkanes of at least 4 members (excludes halogenated alkanes) is 10. The van der Waals surface area contributed by atoms with Gasteiger partial charge in [0.2, 0.25) is 0 Å². The number of hydrogen-bond donors (Lipinski definition) is 1. The first-order valence-electron chi connectivity index (χ1n) is 10.8. The van der Waals surface area contributed by atoms with Crippen molar-refractivity contribution in [1.29, 1.82) is 0 Å². The smallest absolute Gasteiger partial charge is 0.329 e. The molecule has 1 unspecified atom stereocenters. The Kier molecular flexibility index (Phi) is 16.6. The van der Waals surface area contributed by atoms with Crippen molar-refractivity contribution in [2.75, 3.05) is 40.9 Å². The number of hydrogen-bond acceptors (Lipinski definition) is 3. The molecule has 0 fully saturated rings. The fourth-order valence-corrected chi connectivity index (χ4v) is 3.39. The maximum Gasteiger partial charge on any atom is 0.472 e. The van der Waals surface area contributed by atoms with Crippen molar-refractivity contribution >= 4 is 7.82 Å². The van der Waals surface area contributed by atoms with Crippen molar-refractivity contribution in [1.82, 2.24) is 0 Å². The van der Waals surface area contributed by atoms with Gasteiger partial charge in [0.1, 0.15) is 13.2 Å². The van der Waals surface area contributed by atoms with Crippen LogP contribution in [0.3, 0.4) is 0 Å². The van der Waals surface area contributed by atoms with E-state index in [4.69, 9.17) is 9.05 Å². The monoisotopic (exact) mass is 406 g/mol. The number of nitrogens with zero attached hydrogens (tertiary/aromatic N) is 1. The second kappa shape index (κ2) is 16.7. The van der Waals surface area contributed by atoms with Crippen LogP contribution in [0.1, 0.15) is 84.0 Å². The molecule has 1 atom stereocenters. The largest absolute Gasteiger partial charge is 0.472 e. The summed E-state index contributed by atoms with van der Waals surface area (Å²) in [6.45, 7) is 3.41. The van der Waals surface area contributed by atoms with Gasteiger partial charge in [0.15, 0.2) is 0 Å². The molecule has 0 amide bonds. The molecule has 0 aromatic heterocycles. The highest BCUT2D eigenvalue weighted by Gasteiger charge is 2.21. The number of allylic oxidation sites excluding steroid dienone is 2. The Balaban J connectivity index is 3.42. The molecule has 0 aliphatic carbocycles. The summed E-state index contributed by atoms with van der Waals surface area (Å²) < 4.78 is 22.4. The van der Waals surface area contributed by atoms with Gasteiger partial charge < -0.3 is 9.38 Å². The average Bonchev–Trinajstić information content (AvgIpc) is 2.57. The average molecular weight is 407 g/mol. The molecule has 1 N–H and O–H groups in total. The molecule has 0 saturated carbocycles. The topological polar surface area (TPSA) is 55.8 Å². The zero-order valence-electron chi connectivity index (χ0n) is 18.3. The summed E-state index contributed by atoms with van der Waals surface area (Å²) in [4.78, 5) is 9.61. The summed E-state index contributed by atoms with van der Waals surface area (Å²) in [6, 6.07) is 0. The zero-order valence-corrected chi connectivity index (χ0v) is 19.2. The van der Waals surface area contributed by atoms with E-state index in [1.54, 1.807) is 0 Å². The molecular formula is C21H45NO4P+. The summed E-state index contributed by atoms with van der Waals surface area (Å²) in [5.41, 5.74) is 0. The fourth-order valence-electron chi connectivity index (χ4n) is 2.64. The van der Waals surface area contributed by atoms with Crippen molar-refractivity contribution in [2.45, 2.75) is 84.0 Å². The molecule has 0 aliphatic heterocycles. The molecule has 0 radical (unpaired) electrons. The van der Waals surface area contributed by atoms with Crippen LogP contribution in [0.5, 0.6) is 0 Å². The molecule has 0 spiro atoms. The minimum absolute atomic E-state index is 0.221. The first-order valence-corrected chi connectivity index (χ1v) is 12.3. The van der Waals surface area contributed by atoms with Crippen molar-refractivity contribution in [3.8, 4) is 0 Å². The normalized spacial score (nSPS) is 14.7. The lowest BCUT2D eigenvalue weighted by Crippen LogP contribution is -2.37. The van der Waals surface area contributed by atoms with Crippen LogP contribution in [-0.2, 0) is 13.6 Å². The molecule has 0 heterocycles. The maximum absolute atomic E-state index is 11.7. The highest BCUT2D eigenvalue weighted by Crippen LogP contribution is 2.43. The fraction of sp³-hybridized carbons (Fsp3) is 0.905. The number of quaternary nitrogens is 1. The van der Waals surface area contributed by atoms with Gasteiger partial charge >= 0.3 is 7.82 Å². The molecular weight excluding hydrogens is 361 g/mol. The standard InChI is InChI=1S/C21H44NO4P/c1-5-6-7-8-9-10-11-12-13-14-15-16-17-18-20-25-27(23,24)26-21-19-22(2,3)4/h14-15H,5-13,16-21H2,1-4H3/p+1/b15-14-. The molecule has 6 heteroatoms. The Morgan fingerprint density at radius 1 is 0.778 bits per heavy atom. The van der Waals surface area contributed by atoms with Crippen molar-refractivity contribution in [3.63, 3.8) is 0 Å². The Labute approximate surface area is 168 Å². The Morgan fingerprint density at radius 2 is 1.26 bits per heavy atom. The second-order valence-corrected chi connectivity index (χ2v) is 9.83. The molecule has 0 aliphatic rings. The molecule has 5 nitrogen and oxygen atoms in total. The Bertz CT molecular complexity index is 407. The van der Waals surface area contributed by atoms with Gasteiger partial charge in [-0.2, -0.15) is 0 Å². The van der Waals surface area contributed by atoms with Gasteiger partial charge in [-0.15, -0.1) is 0 Å². The maximum atomic E-state index is 11.7. The molecule has 0 aromatic rings. The molecule has 0 bridgehead atoms. The van der Waals surface area contributed by atoms with Gasteiger partial charge in [-0.3, -0.25) is 9.05 Å². The van der Waals surface area contributed by atoms with E-state index in [0.29, 0.717) is 11.0 Å². The lowest BCUT2D eigenvalue weighted by Gasteiger charge is -2.24. The second-order valence-electron chi connectivity index (χ2n) is 8.38. The van der Waals surface area contributed by atoms with Crippen LogP contribution in [0.4, 0.5) is 0 Å². The van der Waals surface area contributed by atoms with Crippen LogP contribution in [0.25, 0.3) is 0 Å². The van der Waals surface area contributed by atoms with Crippen LogP contribution < -0.4 is 0 Å². The molecule has 27 heavy (non-hydrogen) atoms. The van der Waals surface area contributed by atoms with Crippen molar-refractivity contribution in [3.05, 3.63) is 12.2 Å². The van der Waals surface area contributed by atoms with E-state index in [9.17, 15) is 9.46 Å². The number of phosphoric acid groups is 1. The van der Waals surface area contributed by atoms with Crippen molar-refractivity contribution < 1.29 is 23.0 Å². The molecule has 0 aromatic carbocycles. The van der Waals surface area contributed by atoms with E-state index >= 15 is 0 Å². The Hall–Kier alpha value is -0.190. The molecule has 0 rings (SSSR count). The van der Waals surface area contributed by atoms with Gasteiger partial charge in [-0.25, -0.2) is 4.57 Å². The van der Waals surface area contributed by atoms with Gasteiger partial charge in [-0.1, -0.05) is 64.0 Å². The Morgan fingerprint density at radius 3 is 1.81 bits per heavy atom. The van der Waals surface area contributed by atoms with Crippen LogP contribution >= 0.6 is 7.82 Å². The van der Waals surface area contributed by atoms with E-state index in [0.717, 1.165) is 25.7 Å². The highest BCUT2D eigenvalue weighted by molar-refractivity contribution is 7.47. The first kappa shape index (κ1) is 26.8. The third-order valence-corrected chi connectivity index (χ3v) is 5.44. The summed E-state index contributed by atoms with van der Waals surface area (Å²) in [5.74, 6) is 0. The highest BCUT2D eigenvalue weighted by atomic mass is 31.2. The third kappa shape index (κ3) is 22.0. The predicted molar refractivity (Wildman–Crippen MR) is 115 cm³/mol. The van der Waals surface area contributed by atoms with Gasteiger partial charge in [-0.05, 0) is 32.1 Å². The minimum atomic E-state index is -3.89. The summed E-state index contributed by atoms with van der Waals surface area (Å²) >= 11 is 0. The third-order valence-electron chi connectivity index (χ3n) is 4.43. The van der Waals surface area contributed by atoms with Crippen LogP contribution in [0, 0.1) is 0 Å². The van der Waals surface area contributed by atoms with E-state index in [-0.39, 0.29) is 13.2 Å². The van der Waals surface area contributed by atoms with Crippen molar-refractivity contribution in [2.24, 2.45) is 0 Å². The predicted octanol–water partition coefficient (Wildman–Crippen LogP) is 6.08. The van der Waals surface area contributed by atoms with Gasteiger partial charge in [0.05, 0.1) is 27.7 Å².